The number of rotatable bonds is 5. The monoisotopic (exact) mass is 297 g/mol. The van der Waals surface area contributed by atoms with Crippen molar-refractivity contribution < 1.29 is 14.2 Å². The number of aromatic amines is 1. The van der Waals surface area contributed by atoms with E-state index in [0.717, 1.165) is 17.5 Å². The molecule has 0 aliphatic carbocycles. The molecule has 3 aromatic rings. The van der Waals surface area contributed by atoms with Gasteiger partial charge in [0.15, 0.2) is 11.5 Å². The van der Waals surface area contributed by atoms with Gasteiger partial charge in [-0.05, 0) is 41.1 Å². The third-order valence-corrected chi connectivity index (χ3v) is 3.79. The van der Waals surface area contributed by atoms with Gasteiger partial charge in [-0.2, -0.15) is 0 Å². The lowest BCUT2D eigenvalue weighted by Crippen LogP contribution is -1.98. The summed E-state index contributed by atoms with van der Waals surface area (Å²) >= 11 is 0. The van der Waals surface area contributed by atoms with Crippen molar-refractivity contribution in [3.8, 4) is 17.2 Å². The van der Waals surface area contributed by atoms with Crippen molar-refractivity contribution in [3.63, 3.8) is 0 Å². The Labute approximate surface area is 129 Å². The molecule has 2 aromatic carbocycles. The summed E-state index contributed by atoms with van der Waals surface area (Å²) in [5.74, 6) is 1.97. The zero-order valence-corrected chi connectivity index (χ0v) is 13.0. The molecule has 0 aliphatic rings. The predicted octanol–water partition coefficient (Wildman–Crippen LogP) is 3.78. The molecule has 0 amide bonds. The smallest absolute Gasteiger partial charge is 0.203 e. The minimum atomic E-state index is 0.617. The van der Waals surface area contributed by atoms with E-state index in [9.17, 15) is 0 Å². The van der Waals surface area contributed by atoms with Crippen LogP contribution in [0.1, 0.15) is 11.1 Å². The average Bonchev–Trinajstić information content (AvgIpc) is 3.03. The Kier molecular flexibility index (Phi) is 3.92. The van der Waals surface area contributed by atoms with Gasteiger partial charge in [-0.3, -0.25) is 0 Å². The van der Waals surface area contributed by atoms with Crippen LogP contribution in [-0.2, 0) is 6.42 Å². The molecule has 4 heteroatoms. The Balaban J connectivity index is 2.03. The zero-order valence-electron chi connectivity index (χ0n) is 13.0. The molecule has 0 saturated carbocycles. The molecule has 0 spiro atoms. The van der Waals surface area contributed by atoms with Crippen LogP contribution in [0.25, 0.3) is 10.9 Å². The van der Waals surface area contributed by atoms with Gasteiger partial charge >= 0.3 is 0 Å². The molecular formula is C18H19NO3. The van der Waals surface area contributed by atoms with E-state index in [0.29, 0.717) is 17.2 Å². The van der Waals surface area contributed by atoms with Gasteiger partial charge in [-0.15, -0.1) is 0 Å². The molecule has 1 N–H and O–H groups in total. The molecule has 4 nitrogen and oxygen atoms in total. The number of H-pyrrole nitrogens is 1. The first kappa shape index (κ1) is 14.3. The summed E-state index contributed by atoms with van der Waals surface area (Å²) in [5.41, 5.74) is 3.50. The van der Waals surface area contributed by atoms with Crippen LogP contribution in [0.15, 0.2) is 42.6 Å². The molecule has 3 rings (SSSR count). The number of nitrogens with one attached hydrogen (secondary N) is 1. The fraction of sp³-hybridized carbons (Fsp3) is 0.222. The molecule has 0 fully saturated rings. The fourth-order valence-electron chi connectivity index (χ4n) is 2.75. The second-order valence-corrected chi connectivity index (χ2v) is 5.07. The number of methoxy groups -OCH3 is 3. The quantitative estimate of drug-likeness (QED) is 0.779. The molecule has 1 heterocycles. The van der Waals surface area contributed by atoms with E-state index in [2.05, 4.69) is 29.2 Å². The summed E-state index contributed by atoms with van der Waals surface area (Å²) < 4.78 is 16.2. The molecule has 0 aliphatic heterocycles. The van der Waals surface area contributed by atoms with Gasteiger partial charge in [-0.1, -0.05) is 18.2 Å². The van der Waals surface area contributed by atoms with Gasteiger partial charge in [0.2, 0.25) is 5.75 Å². The third-order valence-electron chi connectivity index (χ3n) is 3.79. The first-order chi connectivity index (χ1) is 10.8. The molecular weight excluding hydrogens is 278 g/mol. The SMILES string of the molecule is COc1cc(Cc2cccc3cc[nH]c23)cc(OC)c1OC. The second kappa shape index (κ2) is 6.02. The summed E-state index contributed by atoms with van der Waals surface area (Å²) in [4.78, 5) is 3.30. The summed E-state index contributed by atoms with van der Waals surface area (Å²) in [6, 6.07) is 12.4. The normalized spacial score (nSPS) is 10.7. The largest absolute Gasteiger partial charge is 0.493 e. The minimum Gasteiger partial charge on any atom is -0.493 e. The van der Waals surface area contributed by atoms with Gasteiger partial charge in [0.05, 0.1) is 21.3 Å². The first-order valence-corrected chi connectivity index (χ1v) is 7.10. The maximum atomic E-state index is 5.42. The Morgan fingerprint density at radius 3 is 2.27 bits per heavy atom. The minimum absolute atomic E-state index is 0.617. The summed E-state index contributed by atoms with van der Waals surface area (Å²) in [7, 11) is 4.87. The topological polar surface area (TPSA) is 43.5 Å². The average molecular weight is 297 g/mol. The van der Waals surface area contributed by atoms with Crippen LogP contribution in [0.4, 0.5) is 0 Å². The lowest BCUT2D eigenvalue weighted by atomic mass is 10.0. The van der Waals surface area contributed by atoms with E-state index in [1.54, 1.807) is 21.3 Å². The van der Waals surface area contributed by atoms with Crippen molar-refractivity contribution in [3.05, 3.63) is 53.7 Å². The summed E-state index contributed by atoms with van der Waals surface area (Å²) in [6.45, 7) is 0. The van der Waals surface area contributed by atoms with E-state index < -0.39 is 0 Å². The van der Waals surface area contributed by atoms with E-state index in [4.69, 9.17) is 14.2 Å². The zero-order chi connectivity index (χ0) is 15.5. The molecule has 114 valence electrons. The maximum absolute atomic E-state index is 5.42. The molecule has 0 bridgehead atoms. The van der Waals surface area contributed by atoms with E-state index in [-0.39, 0.29) is 0 Å². The van der Waals surface area contributed by atoms with Crippen molar-refractivity contribution in [2.45, 2.75) is 6.42 Å². The van der Waals surface area contributed by atoms with Gasteiger partial charge < -0.3 is 19.2 Å². The number of fused-ring (bicyclic) bond motifs is 1. The van der Waals surface area contributed by atoms with Gasteiger partial charge in [0, 0.05) is 11.7 Å². The highest BCUT2D eigenvalue weighted by Crippen LogP contribution is 2.38. The van der Waals surface area contributed by atoms with Crippen molar-refractivity contribution in [2.75, 3.05) is 21.3 Å². The highest BCUT2D eigenvalue weighted by molar-refractivity contribution is 5.82. The molecule has 0 radical (unpaired) electrons. The lowest BCUT2D eigenvalue weighted by Gasteiger charge is -2.14. The van der Waals surface area contributed by atoms with E-state index in [1.165, 1.54) is 10.9 Å². The highest BCUT2D eigenvalue weighted by Gasteiger charge is 2.14. The van der Waals surface area contributed by atoms with Crippen LogP contribution in [0.3, 0.4) is 0 Å². The number of aromatic nitrogens is 1. The number of benzene rings is 2. The Morgan fingerprint density at radius 1 is 0.909 bits per heavy atom. The van der Waals surface area contributed by atoms with E-state index >= 15 is 0 Å². The van der Waals surface area contributed by atoms with Crippen LogP contribution in [0.2, 0.25) is 0 Å². The van der Waals surface area contributed by atoms with Gasteiger partial charge in [-0.25, -0.2) is 0 Å². The highest BCUT2D eigenvalue weighted by atomic mass is 16.5. The summed E-state index contributed by atoms with van der Waals surface area (Å²) in [6.07, 6.45) is 2.75. The maximum Gasteiger partial charge on any atom is 0.203 e. The number of ether oxygens (including phenoxy) is 3. The number of hydrogen-bond acceptors (Lipinski definition) is 3. The number of hydrogen-bond donors (Lipinski definition) is 1. The fourth-order valence-corrected chi connectivity index (χ4v) is 2.75. The van der Waals surface area contributed by atoms with Crippen LogP contribution in [0, 0.1) is 0 Å². The molecule has 0 atom stereocenters. The Bertz CT molecular complexity index is 767. The predicted molar refractivity (Wildman–Crippen MR) is 87.2 cm³/mol. The molecule has 0 unspecified atom stereocenters. The van der Waals surface area contributed by atoms with E-state index in [1.807, 2.05) is 18.3 Å². The third kappa shape index (κ3) is 2.48. The lowest BCUT2D eigenvalue weighted by molar-refractivity contribution is 0.324. The van der Waals surface area contributed by atoms with Crippen molar-refractivity contribution in [2.24, 2.45) is 0 Å². The van der Waals surface area contributed by atoms with Crippen molar-refractivity contribution in [1.29, 1.82) is 0 Å². The molecule has 22 heavy (non-hydrogen) atoms. The molecule has 0 saturated heterocycles. The Morgan fingerprint density at radius 2 is 1.64 bits per heavy atom. The molecule has 1 aromatic heterocycles. The van der Waals surface area contributed by atoms with Gasteiger partial charge in [0.25, 0.3) is 0 Å². The first-order valence-electron chi connectivity index (χ1n) is 7.10. The van der Waals surface area contributed by atoms with Crippen LogP contribution in [0.5, 0.6) is 17.2 Å². The van der Waals surface area contributed by atoms with Crippen LogP contribution >= 0.6 is 0 Å². The van der Waals surface area contributed by atoms with Crippen molar-refractivity contribution in [1.82, 2.24) is 4.98 Å². The second-order valence-electron chi connectivity index (χ2n) is 5.07. The summed E-state index contributed by atoms with van der Waals surface area (Å²) in [5, 5.41) is 1.21. The van der Waals surface area contributed by atoms with Crippen molar-refractivity contribution >= 4 is 10.9 Å². The van der Waals surface area contributed by atoms with Crippen LogP contribution in [-0.4, -0.2) is 26.3 Å². The van der Waals surface area contributed by atoms with Gasteiger partial charge in [0.1, 0.15) is 0 Å². The number of para-hydroxylation sites is 1. The Hall–Kier alpha value is -2.62. The van der Waals surface area contributed by atoms with Crippen LogP contribution < -0.4 is 14.2 Å². The standard InChI is InChI=1S/C18H19NO3/c1-20-15-10-12(11-16(21-2)18(15)22-3)9-14-6-4-5-13-7-8-19-17(13)14/h4-8,10-11,19H,9H2,1-3H3.